The lowest BCUT2D eigenvalue weighted by Crippen LogP contribution is -2.42. The van der Waals surface area contributed by atoms with Crippen LogP contribution < -0.4 is 4.90 Å². The van der Waals surface area contributed by atoms with Crippen molar-refractivity contribution >= 4 is 23.6 Å². The van der Waals surface area contributed by atoms with E-state index < -0.39 is 0 Å². The average molecular weight is 428 g/mol. The minimum atomic E-state index is -0.196. The summed E-state index contributed by atoms with van der Waals surface area (Å²) < 4.78 is 2.13. The molecule has 2 aliphatic rings. The van der Waals surface area contributed by atoms with E-state index in [1.807, 2.05) is 37.1 Å². The third kappa shape index (κ3) is 4.66. The van der Waals surface area contributed by atoms with Crippen LogP contribution >= 0.6 is 11.8 Å². The van der Waals surface area contributed by atoms with Crippen molar-refractivity contribution in [2.45, 2.75) is 74.7 Å². The monoisotopic (exact) mass is 427 g/mol. The SMILES string of the molecule is CC(Sc1nnc(N2CCCCC2)n1-c1ccccc1)C(=O)N(C)C1CCCCC1. The van der Waals surface area contributed by atoms with Gasteiger partial charge in [0.2, 0.25) is 11.9 Å². The van der Waals surface area contributed by atoms with Gasteiger partial charge in [0.25, 0.3) is 0 Å². The molecule has 1 atom stereocenters. The Balaban J connectivity index is 1.55. The lowest BCUT2D eigenvalue weighted by Gasteiger charge is -2.32. The van der Waals surface area contributed by atoms with Gasteiger partial charge in [-0.2, -0.15) is 0 Å². The number of benzene rings is 1. The maximum Gasteiger partial charge on any atom is 0.235 e. The second kappa shape index (κ2) is 9.86. The third-order valence-corrected chi connectivity index (χ3v) is 7.40. The number of hydrogen-bond donors (Lipinski definition) is 0. The van der Waals surface area contributed by atoms with E-state index in [2.05, 4.69) is 31.8 Å². The van der Waals surface area contributed by atoms with Gasteiger partial charge in [0.05, 0.1) is 10.9 Å². The molecule has 1 saturated carbocycles. The summed E-state index contributed by atoms with van der Waals surface area (Å²) in [5.41, 5.74) is 1.05. The van der Waals surface area contributed by atoms with E-state index >= 15 is 0 Å². The van der Waals surface area contributed by atoms with E-state index in [-0.39, 0.29) is 11.2 Å². The summed E-state index contributed by atoms with van der Waals surface area (Å²) in [4.78, 5) is 17.4. The molecule has 1 aromatic heterocycles. The Morgan fingerprint density at radius 1 is 1.03 bits per heavy atom. The molecule has 162 valence electrons. The van der Waals surface area contributed by atoms with Crippen LogP contribution in [0.3, 0.4) is 0 Å². The van der Waals surface area contributed by atoms with Gasteiger partial charge in [-0.1, -0.05) is 49.2 Å². The summed E-state index contributed by atoms with van der Waals surface area (Å²) in [7, 11) is 1.97. The molecule has 1 aliphatic heterocycles. The van der Waals surface area contributed by atoms with Crippen LogP contribution in [0.1, 0.15) is 58.3 Å². The number of hydrogen-bond acceptors (Lipinski definition) is 5. The number of rotatable bonds is 6. The van der Waals surface area contributed by atoms with Crippen LogP contribution in [0.15, 0.2) is 35.5 Å². The van der Waals surface area contributed by atoms with Crippen LogP contribution in [0.2, 0.25) is 0 Å². The number of carbonyl (C=O) groups excluding carboxylic acids is 1. The van der Waals surface area contributed by atoms with Gasteiger partial charge in [0.15, 0.2) is 5.16 Å². The smallest absolute Gasteiger partial charge is 0.235 e. The van der Waals surface area contributed by atoms with Gasteiger partial charge in [-0.15, -0.1) is 10.2 Å². The normalized spacial score (nSPS) is 18.9. The maximum atomic E-state index is 13.1. The van der Waals surface area contributed by atoms with Crippen molar-refractivity contribution in [1.29, 1.82) is 0 Å². The Kier molecular flexibility index (Phi) is 6.97. The van der Waals surface area contributed by atoms with Crippen molar-refractivity contribution in [3.05, 3.63) is 30.3 Å². The third-order valence-electron chi connectivity index (χ3n) is 6.37. The zero-order chi connectivity index (χ0) is 20.9. The highest BCUT2D eigenvalue weighted by atomic mass is 32.2. The van der Waals surface area contributed by atoms with Crippen LogP contribution in [0.5, 0.6) is 0 Å². The highest BCUT2D eigenvalue weighted by Crippen LogP contribution is 2.32. The molecule has 2 fully saturated rings. The van der Waals surface area contributed by atoms with Crippen molar-refractivity contribution in [3.8, 4) is 5.69 Å². The Hall–Kier alpha value is -2.02. The molecule has 0 spiro atoms. The Morgan fingerprint density at radius 2 is 1.70 bits per heavy atom. The van der Waals surface area contributed by atoms with Gasteiger partial charge in [-0.05, 0) is 51.2 Å². The molecule has 0 bridgehead atoms. The summed E-state index contributed by atoms with van der Waals surface area (Å²) in [5, 5.41) is 9.68. The predicted molar refractivity (Wildman–Crippen MR) is 122 cm³/mol. The molecule has 0 radical (unpaired) electrons. The molecule has 2 heterocycles. The zero-order valence-electron chi connectivity index (χ0n) is 18.2. The average Bonchev–Trinajstić information content (AvgIpc) is 3.23. The topological polar surface area (TPSA) is 54.3 Å². The van der Waals surface area contributed by atoms with Crippen LogP contribution in [0.25, 0.3) is 5.69 Å². The fourth-order valence-electron chi connectivity index (χ4n) is 4.58. The zero-order valence-corrected chi connectivity index (χ0v) is 19.0. The summed E-state index contributed by atoms with van der Waals surface area (Å²) >= 11 is 1.52. The van der Waals surface area contributed by atoms with E-state index in [0.29, 0.717) is 6.04 Å². The van der Waals surface area contributed by atoms with Gasteiger partial charge in [0, 0.05) is 26.2 Å². The van der Waals surface area contributed by atoms with Crippen molar-refractivity contribution in [2.75, 3.05) is 25.0 Å². The highest BCUT2D eigenvalue weighted by molar-refractivity contribution is 8.00. The van der Waals surface area contributed by atoms with E-state index in [1.165, 1.54) is 50.3 Å². The number of piperidine rings is 1. The van der Waals surface area contributed by atoms with Gasteiger partial charge < -0.3 is 9.80 Å². The number of para-hydroxylation sites is 1. The minimum Gasteiger partial charge on any atom is -0.342 e. The van der Waals surface area contributed by atoms with E-state index in [9.17, 15) is 4.79 Å². The van der Waals surface area contributed by atoms with Crippen LogP contribution in [0, 0.1) is 0 Å². The molecular weight excluding hydrogens is 394 g/mol. The predicted octanol–water partition coefficient (Wildman–Crippen LogP) is 4.53. The molecule has 2 aromatic rings. The van der Waals surface area contributed by atoms with Crippen molar-refractivity contribution in [1.82, 2.24) is 19.7 Å². The number of anilines is 1. The Labute approximate surface area is 184 Å². The van der Waals surface area contributed by atoms with E-state index in [1.54, 1.807) is 0 Å². The highest BCUT2D eigenvalue weighted by Gasteiger charge is 2.29. The van der Waals surface area contributed by atoms with E-state index in [0.717, 1.165) is 42.7 Å². The van der Waals surface area contributed by atoms with E-state index in [4.69, 9.17) is 0 Å². The molecule has 1 amide bonds. The van der Waals surface area contributed by atoms with Crippen LogP contribution in [-0.4, -0.2) is 57.0 Å². The number of nitrogens with zero attached hydrogens (tertiary/aromatic N) is 5. The summed E-state index contributed by atoms with van der Waals surface area (Å²) in [6, 6.07) is 10.6. The number of thioether (sulfide) groups is 1. The molecule has 30 heavy (non-hydrogen) atoms. The molecule has 1 unspecified atom stereocenters. The van der Waals surface area contributed by atoms with Gasteiger partial charge >= 0.3 is 0 Å². The molecule has 0 N–H and O–H groups in total. The van der Waals surface area contributed by atoms with Crippen LogP contribution in [-0.2, 0) is 4.79 Å². The lowest BCUT2D eigenvalue weighted by molar-refractivity contribution is -0.131. The maximum absolute atomic E-state index is 13.1. The second-order valence-electron chi connectivity index (χ2n) is 8.50. The molecule has 1 saturated heterocycles. The molecule has 4 rings (SSSR count). The summed E-state index contributed by atoms with van der Waals surface area (Å²) in [5.74, 6) is 1.08. The first-order chi connectivity index (χ1) is 14.6. The van der Waals surface area contributed by atoms with Gasteiger partial charge in [-0.3, -0.25) is 9.36 Å². The summed E-state index contributed by atoms with van der Waals surface area (Å²) in [6.07, 6.45) is 9.64. The standard InChI is InChI=1S/C23H33N5OS/c1-18(21(29)26(2)19-12-6-3-7-13-19)30-23-25-24-22(27-16-10-5-11-17-27)28(23)20-14-8-4-9-15-20/h4,8-9,14-15,18-19H,3,5-7,10-13,16-17H2,1-2H3. The first kappa shape index (κ1) is 21.2. The number of carbonyl (C=O) groups is 1. The minimum absolute atomic E-state index is 0.189. The largest absolute Gasteiger partial charge is 0.342 e. The van der Waals surface area contributed by atoms with Crippen LogP contribution in [0.4, 0.5) is 5.95 Å². The molecular formula is C23H33N5OS. The first-order valence-electron chi connectivity index (χ1n) is 11.3. The van der Waals surface area contributed by atoms with Gasteiger partial charge in [-0.25, -0.2) is 0 Å². The fourth-order valence-corrected chi connectivity index (χ4v) is 5.55. The Morgan fingerprint density at radius 3 is 2.40 bits per heavy atom. The molecule has 6 nitrogen and oxygen atoms in total. The summed E-state index contributed by atoms with van der Waals surface area (Å²) in [6.45, 7) is 4.01. The fraction of sp³-hybridized carbons (Fsp3) is 0.609. The van der Waals surface area contributed by atoms with Crippen molar-refractivity contribution < 1.29 is 4.79 Å². The number of aromatic nitrogens is 3. The lowest BCUT2D eigenvalue weighted by atomic mass is 9.94. The second-order valence-corrected chi connectivity index (χ2v) is 9.81. The Bertz CT molecular complexity index is 827. The molecule has 1 aromatic carbocycles. The quantitative estimate of drug-likeness (QED) is 0.634. The molecule has 7 heteroatoms. The molecule has 1 aliphatic carbocycles. The van der Waals surface area contributed by atoms with Gasteiger partial charge in [0.1, 0.15) is 0 Å². The van der Waals surface area contributed by atoms with Crippen molar-refractivity contribution in [3.63, 3.8) is 0 Å². The van der Waals surface area contributed by atoms with Crippen molar-refractivity contribution in [2.24, 2.45) is 0 Å². The first-order valence-corrected chi connectivity index (χ1v) is 12.2. The number of amides is 1.